The second-order valence-electron chi connectivity index (χ2n) is 3.04. The van der Waals surface area contributed by atoms with E-state index in [1.807, 2.05) is 0 Å². The second kappa shape index (κ2) is 5.11. The van der Waals surface area contributed by atoms with E-state index in [2.05, 4.69) is 5.32 Å². The summed E-state index contributed by atoms with van der Waals surface area (Å²) < 4.78 is 0. The molecule has 1 rings (SSSR count). The van der Waals surface area contributed by atoms with Crippen LogP contribution in [0.5, 0.6) is 0 Å². The molecule has 5 nitrogen and oxygen atoms in total. The van der Waals surface area contributed by atoms with Crippen LogP contribution >= 0.6 is 0 Å². The third-order valence-corrected chi connectivity index (χ3v) is 1.74. The van der Waals surface area contributed by atoms with Crippen LogP contribution in [0, 0.1) is 0 Å². The highest BCUT2D eigenvalue weighted by Gasteiger charge is 2.17. The Morgan fingerprint density at radius 3 is 2.47 bits per heavy atom. The topological polar surface area (TPSA) is 92.4 Å². The van der Waals surface area contributed by atoms with Crippen molar-refractivity contribution >= 4 is 17.5 Å². The molecule has 0 saturated heterocycles. The first kappa shape index (κ1) is 11.2. The normalized spacial score (nSPS) is 11.8. The summed E-state index contributed by atoms with van der Waals surface area (Å²) >= 11 is 0. The van der Waals surface area contributed by atoms with Gasteiger partial charge >= 0.3 is 0 Å². The molecule has 1 aromatic rings. The molecule has 15 heavy (non-hydrogen) atoms. The van der Waals surface area contributed by atoms with E-state index in [1.165, 1.54) is 0 Å². The maximum Gasteiger partial charge on any atom is 0.253 e. The third kappa shape index (κ3) is 3.78. The summed E-state index contributed by atoms with van der Waals surface area (Å²) in [7, 11) is 0. The number of hydrogen-bond donors (Lipinski definition) is 3. The average Bonchev–Trinajstić information content (AvgIpc) is 2.18. The van der Waals surface area contributed by atoms with Crippen LogP contribution in [0.25, 0.3) is 0 Å². The highest BCUT2D eigenvalue weighted by Crippen LogP contribution is 2.06. The van der Waals surface area contributed by atoms with Gasteiger partial charge in [-0.25, -0.2) is 0 Å². The molecule has 1 unspecified atom stereocenters. The number of nitrogens with two attached hydrogens (primary N) is 1. The van der Waals surface area contributed by atoms with Gasteiger partial charge in [0.1, 0.15) is 6.10 Å². The van der Waals surface area contributed by atoms with Crippen LogP contribution in [-0.4, -0.2) is 23.0 Å². The zero-order chi connectivity index (χ0) is 11.3. The van der Waals surface area contributed by atoms with Crippen molar-refractivity contribution in [3.8, 4) is 0 Å². The second-order valence-corrected chi connectivity index (χ2v) is 3.04. The number of primary amides is 1. The van der Waals surface area contributed by atoms with Gasteiger partial charge in [0.2, 0.25) is 5.91 Å². The summed E-state index contributed by atoms with van der Waals surface area (Å²) in [6, 6.07) is 8.64. The van der Waals surface area contributed by atoms with Crippen LogP contribution in [-0.2, 0) is 9.59 Å². The number of hydrogen-bond acceptors (Lipinski definition) is 3. The first-order valence-electron chi connectivity index (χ1n) is 4.42. The predicted molar refractivity (Wildman–Crippen MR) is 54.9 cm³/mol. The summed E-state index contributed by atoms with van der Waals surface area (Å²) in [6.45, 7) is 0. The number of aliphatic hydroxyl groups is 1. The number of anilines is 1. The SMILES string of the molecule is NC(=O)CC(O)C(=O)Nc1ccccc1. The van der Waals surface area contributed by atoms with Gasteiger partial charge in [0.05, 0.1) is 6.42 Å². The minimum absolute atomic E-state index is 0.376. The van der Waals surface area contributed by atoms with Crippen molar-refractivity contribution in [2.75, 3.05) is 5.32 Å². The fourth-order valence-corrected chi connectivity index (χ4v) is 1.03. The predicted octanol–water partition coefficient (Wildman–Crippen LogP) is -0.139. The van der Waals surface area contributed by atoms with Gasteiger partial charge in [0.25, 0.3) is 5.91 Å². The molecule has 0 saturated carbocycles. The molecule has 2 amide bonds. The van der Waals surface area contributed by atoms with E-state index in [0.29, 0.717) is 5.69 Å². The third-order valence-electron chi connectivity index (χ3n) is 1.74. The van der Waals surface area contributed by atoms with Gasteiger partial charge in [-0.1, -0.05) is 18.2 Å². The Labute approximate surface area is 86.9 Å². The van der Waals surface area contributed by atoms with Crippen LogP contribution in [0.2, 0.25) is 0 Å². The van der Waals surface area contributed by atoms with Gasteiger partial charge in [-0.15, -0.1) is 0 Å². The molecule has 80 valence electrons. The molecule has 0 heterocycles. The van der Waals surface area contributed by atoms with Gasteiger partial charge < -0.3 is 16.2 Å². The van der Waals surface area contributed by atoms with Crippen molar-refractivity contribution in [3.63, 3.8) is 0 Å². The Balaban J connectivity index is 2.52. The first-order valence-corrected chi connectivity index (χ1v) is 4.42. The van der Waals surface area contributed by atoms with Crippen molar-refractivity contribution in [1.29, 1.82) is 0 Å². The lowest BCUT2D eigenvalue weighted by molar-refractivity contribution is -0.129. The Kier molecular flexibility index (Phi) is 3.82. The molecule has 0 aliphatic rings. The van der Waals surface area contributed by atoms with Crippen molar-refractivity contribution in [2.45, 2.75) is 12.5 Å². The van der Waals surface area contributed by atoms with E-state index in [9.17, 15) is 14.7 Å². The summed E-state index contributed by atoms with van der Waals surface area (Å²) in [5, 5.41) is 11.7. The fourth-order valence-electron chi connectivity index (χ4n) is 1.03. The minimum Gasteiger partial charge on any atom is -0.383 e. The summed E-state index contributed by atoms with van der Waals surface area (Å²) in [4.78, 5) is 21.7. The van der Waals surface area contributed by atoms with E-state index in [1.54, 1.807) is 30.3 Å². The zero-order valence-corrected chi connectivity index (χ0v) is 8.01. The van der Waals surface area contributed by atoms with Gasteiger partial charge in [-0.2, -0.15) is 0 Å². The van der Waals surface area contributed by atoms with E-state index in [-0.39, 0.29) is 6.42 Å². The molecule has 0 fully saturated rings. The summed E-state index contributed by atoms with van der Waals surface area (Å²) in [6.07, 6.45) is -1.78. The molecule has 1 aromatic carbocycles. The van der Waals surface area contributed by atoms with E-state index in [4.69, 9.17) is 5.73 Å². The standard InChI is InChI=1S/C10H12N2O3/c11-9(14)6-8(13)10(15)12-7-4-2-1-3-5-7/h1-5,8,13H,6H2,(H2,11,14)(H,12,15). The lowest BCUT2D eigenvalue weighted by Crippen LogP contribution is -2.31. The average molecular weight is 208 g/mol. The quantitative estimate of drug-likeness (QED) is 0.643. The molecular weight excluding hydrogens is 196 g/mol. The zero-order valence-electron chi connectivity index (χ0n) is 8.01. The number of carbonyl (C=O) groups is 2. The maximum atomic E-state index is 11.3. The molecule has 0 aliphatic heterocycles. The Bertz CT molecular complexity index is 351. The van der Waals surface area contributed by atoms with E-state index >= 15 is 0 Å². The number of aliphatic hydroxyl groups excluding tert-OH is 1. The lowest BCUT2D eigenvalue weighted by Gasteiger charge is -2.09. The Hall–Kier alpha value is -1.88. The number of nitrogens with one attached hydrogen (secondary N) is 1. The Morgan fingerprint density at radius 1 is 1.33 bits per heavy atom. The Morgan fingerprint density at radius 2 is 1.93 bits per heavy atom. The number of carbonyl (C=O) groups excluding carboxylic acids is 2. The van der Waals surface area contributed by atoms with E-state index < -0.39 is 17.9 Å². The van der Waals surface area contributed by atoms with Crippen molar-refractivity contribution in [3.05, 3.63) is 30.3 Å². The molecule has 0 aromatic heterocycles. The van der Waals surface area contributed by atoms with Crippen molar-refractivity contribution in [1.82, 2.24) is 0 Å². The van der Waals surface area contributed by atoms with E-state index in [0.717, 1.165) is 0 Å². The molecule has 0 radical (unpaired) electrons. The van der Waals surface area contributed by atoms with Crippen molar-refractivity contribution in [2.24, 2.45) is 5.73 Å². The molecule has 0 spiro atoms. The highest BCUT2D eigenvalue weighted by molar-refractivity contribution is 5.96. The summed E-state index contributed by atoms with van der Waals surface area (Å²) in [5.41, 5.74) is 5.41. The molecule has 1 atom stereocenters. The fraction of sp³-hybridized carbons (Fsp3) is 0.200. The number of amides is 2. The summed E-state index contributed by atoms with van der Waals surface area (Å²) in [5.74, 6) is -1.36. The van der Waals surface area contributed by atoms with Crippen LogP contribution in [0.1, 0.15) is 6.42 Å². The molecule has 5 heteroatoms. The molecule has 4 N–H and O–H groups in total. The number of benzene rings is 1. The van der Waals surface area contributed by atoms with Gasteiger partial charge in [0.15, 0.2) is 0 Å². The maximum absolute atomic E-state index is 11.3. The highest BCUT2D eigenvalue weighted by atomic mass is 16.3. The minimum atomic E-state index is -1.40. The first-order chi connectivity index (χ1) is 7.09. The largest absolute Gasteiger partial charge is 0.383 e. The van der Waals surface area contributed by atoms with Crippen LogP contribution in [0.15, 0.2) is 30.3 Å². The van der Waals surface area contributed by atoms with Crippen LogP contribution in [0.4, 0.5) is 5.69 Å². The number of rotatable bonds is 4. The smallest absolute Gasteiger partial charge is 0.253 e. The van der Waals surface area contributed by atoms with Crippen LogP contribution in [0.3, 0.4) is 0 Å². The van der Waals surface area contributed by atoms with Crippen LogP contribution < -0.4 is 11.1 Å². The van der Waals surface area contributed by atoms with Gasteiger partial charge in [-0.05, 0) is 12.1 Å². The van der Waals surface area contributed by atoms with Crippen molar-refractivity contribution < 1.29 is 14.7 Å². The van der Waals surface area contributed by atoms with Gasteiger partial charge in [0, 0.05) is 5.69 Å². The lowest BCUT2D eigenvalue weighted by atomic mass is 10.2. The van der Waals surface area contributed by atoms with Gasteiger partial charge in [-0.3, -0.25) is 9.59 Å². The molecular formula is C10H12N2O3. The monoisotopic (exact) mass is 208 g/mol. The molecule has 0 aliphatic carbocycles. The molecule has 0 bridgehead atoms. The number of para-hydroxylation sites is 1.